The lowest BCUT2D eigenvalue weighted by molar-refractivity contribution is -0.0286. The first-order valence-electron chi connectivity index (χ1n) is 5.17. The molecule has 0 radical (unpaired) electrons. The van der Waals surface area contributed by atoms with Crippen molar-refractivity contribution in [3.05, 3.63) is 0 Å². The molecule has 0 saturated carbocycles. The van der Waals surface area contributed by atoms with E-state index >= 15 is 0 Å². The summed E-state index contributed by atoms with van der Waals surface area (Å²) in [4.78, 5) is 15.4. The molecular weight excluding hydrogens is 180 g/mol. The summed E-state index contributed by atoms with van der Waals surface area (Å²) in [5.41, 5.74) is 0.513. The summed E-state index contributed by atoms with van der Waals surface area (Å²) in [6, 6.07) is 0. The van der Waals surface area contributed by atoms with Gasteiger partial charge in [-0.05, 0) is 25.3 Å². The van der Waals surface area contributed by atoms with Gasteiger partial charge in [0, 0.05) is 26.2 Å². The van der Waals surface area contributed by atoms with Gasteiger partial charge in [-0.15, -0.1) is 0 Å². The molecule has 4 nitrogen and oxygen atoms in total. The zero-order valence-electron chi connectivity index (χ0n) is 8.95. The van der Waals surface area contributed by atoms with E-state index in [0.717, 1.165) is 25.9 Å². The molecule has 2 fully saturated rings. The maximum absolute atomic E-state index is 11.2. The Kier molecular flexibility index (Phi) is 2.39. The first-order valence-corrected chi connectivity index (χ1v) is 5.17. The summed E-state index contributed by atoms with van der Waals surface area (Å²) in [6.07, 6.45) is 2.09. The fraction of sp³-hybridized carbons (Fsp3) is 0.900. The highest BCUT2D eigenvalue weighted by Crippen LogP contribution is 2.39. The van der Waals surface area contributed by atoms with Crippen LogP contribution in [0.15, 0.2) is 0 Å². The van der Waals surface area contributed by atoms with E-state index in [4.69, 9.17) is 4.74 Å². The summed E-state index contributed by atoms with van der Waals surface area (Å²) in [5, 5.41) is 0. The van der Waals surface area contributed by atoms with Crippen molar-refractivity contribution in [3.63, 3.8) is 0 Å². The third-order valence-electron chi connectivity index (χ3n) is 3.47. The molecule has 2 saturated heterocycles. The molecule has 0 N–H and O–H groups in total. The van der Waals surface area contributed by atoms with Gasteiger partial charge < -0.3 is 14.5 Å². The Labute approximate surface area is 84.8 Å². The minimum absolute atomic E-state index is 0.174. The van der Waals surface area contributed by atoms with E-state index in [1.54, 1.807) is 0 Å². The summed E-state index contributed by atoms with van der Waals surface area (Å²) >= 11 is 0. The summed E-state index contributed by atoms with van der Waals surface area (Å²) in [7, 11) is 3.60. The molecule has 1 spiro atoms. The average Bonchev–Trinajstić information content (AvgIpc) is 2.16. The molecule has 80 valence electrons. The quantitative estimate of drug-likeness (QED) is 0.576. The largest absolute Gasteiger partial charge is 0.453 e. The minimum Gasteiger partial charge on any atom is -0.453 e. The number of nitrogens with zero attached hydrogens (tertiary/aromatic N) is 2. The van der Waals surface area contributed by atoms with E-state index in [-0.39, 0.29) is 6.09 Å². The molecule has 0 unspecified atom stereocenters. The normalized spacial score (nSPS) is 26.0. The molecule has 0 aliphatic carbocycles. The number of hydrogen-bond acceptors (Lipinski definition) is 3. The third-order valence-corrected chi connectivity index (χ3v) is 3.47. The van der Waals surface area contributed by atoms with Gasteiger partial charge in [-0.3, -0.25) is 0 Å². The number of carbonyl (C=O) groups is 1. The highest BCUT2D eigenvalue weighted by atomic mass is 16.5. The first kappa shape index (κ1) is 9.77. The zero-order valence-corrected chi connectivity index (χ0v) is 8.95. The minimum atomic E-state index is -0.174. The molecule has 4 heteroatoms. The highest BCUT2D eigenvalue weighted by Gasteiger charge is 2.43. The smallest absolute Gasteiger partial charge is 0.409 e. The number of hydrogen-bond donors (Lipinski definition) is 0. The van der Waals surface area contributed by atoms with Gasteiger partial charge in [-0.2, -0.15) is 0 Å². The molecule has 1 amide bonds. The van der Waals surface area contributed by atoms with E-state index in [0.29, 0.717) is 5.41 Å². The van der Waals surface area contributed by atoms with Crippen molar-refractivity contribution in [1.29, 1.82) is 0 Å². The number of piperidine rings is 1. The maximum Gasteiger partial charge on any atom is 0.409 e. The van der Waals surface area contributed by atoms with Crippen molar-refractivity contribution in [2.24, 2.45) is 5.41 Å². The average molecular weight is 198 g/mol. The first-order chi connectivity index (χ1) is 6.65. The number of carbonyl (C=O) groups excluding carboxylic acids is 1. The Morgan fingerprint density at radius 1 is 1.29 bits per heavy atom. The molecule has 2 aliphatic rings. The van der Waals surface area contributed by atoms with Gasteiger partial charge in [0.25, 0.3) is 0 Å². The number of likely N-dealkylation sites (tertiary alicyclic amines) is 2. The molecule has 2 heterocycles. The maximum atomic E-state index is 11.2. The van der Waals surface area contributed by atoms with Gasteiger partial charge in [0.2, 0.25) is 0 Å². The van der Waals surface area contributed by atoms with Crippen molar-refractivity contribution in [1.82, 2.24) is 9.80 Å². The second kappa shape index (κ2) is 3.42. The van der Waals surface area contributed by atoms with Crippen LogP contribution >= 0.6 is 0 Å². The fourth-order valence-electron chi connectivity index (χ4n) is 2.71. The van der Waals surface area contributed by atoms with E-state index in [1.165, 1.54) is 20.2 Å². The standard InChI is InChI=1S/C10H18N2O2/c1-11-7-10(8-11)3-5-12(6-4-10)9(13)14-2/h3-8H2,1-2H3. The Morgan fingerprint density at radius 2 is 1.86 bits per heavy atom. The van der Waals surface area contributed by atoms with Crippen LogP contribution in [0.25, 0.3) is 0 Å². The van der Waals surface area contributed by atoms with Crippen molar-refractivity contribution in [2.45, 2.75) is 12.8 Å². The molecule has 2 rings (SSSR count). The van der Waals surface area contributed by atoms with Gasteiger partial charge in [-0.1, -0.05) is 0 Å². The molecule has 0 aromatic carbocycles. The summed E-state index contributed by atoms with van der Waals surface area (Å²) in [6.45, 7) is 4.12. The van der Waals surface area contributed by atoms with Crippen LogP contribution in [0, 0.1) is 5.41 Å². The lowest BCUT2D eigenvalue weighted by Gasteiger charge is -2.52. The summed E-state index contributed by atoms with van der Waals surface area (Å²) in [5.74, 6) is 0. The Balaban J connectivity index is 1.84. The molecular formula is C10H18N2O2. The van der Waals surface area contributed by atoms with E-state index < -0.39 is 0 Å². The zero-order chi connectivity index (χ0) is 10.2. The number of rotatable bonds is 0. The van der Waals surface area contributed by atoms with E-state index in [1.807, 2.05) is 4.90 Å². The molecule has 0 bridgehead atoms. The Bertz CT molecular complexity index is 226. The topological polar surface area (TPSA) is 32.8 Å². The van der Waals surface area contributed by atoms with Crippen molar-refractivity contribution >= 4 is 6.09 Å². The SMILES string of the molecule is COC(=O)N1CCC2(CC1)CN(C)C2. The monoisotopic (exact) mass is 198 g/mol. The Hall–Kier alpha value is -0.770. The lowest BCUT2D eigenvalue weighted by Crippen LogP contribution is -2.59. The van der Waals surface area contributed by atoms with E-state index in [9.17, 15) is 4.79 Å². The Morgan fingerprint density at radius 3 is 2.29 bits per heavy atom. The van der Waals surface area contributed by atoms with Crippen LogP contribution in [0.2, 0.25) is 0 Å². The summed E-state index contributed by atoms with van der Waals surface area (Å²) < 4.78 is 4.71. The predicted octanol–water partition coefficient (Wildman–Crippen LogP) is 0.780. The molecule has 2 aliphatic heterocycles. The van der Waals surface area contributed by atoms with Crippen LogP contribution in [0.3, 0.4) is 0 Å². The second-order valence-corrected chi connectivity index (χ2v) is 4.63. The van der Waals surface area contributed by atoms with Crippen LogP contribution in [0.1, 0.15) is 12.8 Å². The van der Waals surface area contributed by atoms with Crippen molar-refractivity contribution < 1.29 is 9.53 Å². The number of ether oxygens (including phenoxy) is 1. The van der Waals surface area contributed by atoms with Crippen LogP contribution in [0.5, 0.6) is 0 Å². The van der Waals surface area contributed by atoms with Crippen LogP contribution in [-0.4, -0.2) is 56.2 Å². The highest BCUT2D eigenvalue weighted by molar-refractivity contribution is 5.67. The lowest BCUT2D eigenvalue weighted by atomic mass is 9.72. The van der Waals surface area contributed by atoms with Gasteiger partial charge in [0.1, 0.15) is 0 Å². The van der Waals surface area contributed by atoms with Crippen molar-refractivity contribution in [2.75, 3.05) is 40.3 Å². The van der Waals surface area contributed by atoms with Gasteiger partial charge in [-0.25, -0.2) is 4.79 Å². The molecule has 0 aromatic heterocycles. The van der Waals surface area contributed by atoms with E-state index in [2.05, 4.69) is 11.9 Å². The van der Waals surface area contributed by atoms with Crippen LogP contribution in [-0.2, 0) is 4.74 Å². The van der Waals surface area contributed by atoms with Crippen LogP contribution in [0.4, 0.5) is 4.79 Å². The fourth-order valence-corrected chi connectivity index (χ4v) is 2.71. The predicted molar refractivity (Wildman–Crippen MR) is 53.1 cm³/mol. The second-order valence-electron chi connectivity index (χ2n) is 4.63. The molecule has 0 atom stereocenters. The molecule has 14 heavy (non-hydrogen) atoms. The number of methoxy groups -OCH3 is 1. The van der Waals surface area contributed by atoms with Gasteiger partial charge >= 0.3 is 6.09 Å². The van der Waals surface area contributed by atoms with Gasteiger partial charge in [0.05, 0.1) is 7.11 Å². The van der Waals surface area contributed by atoms with Crippen LogP contribution < -0.4 is 0 Å². The molecule has 0 aromatic rings. The van der Waals surface area contributed by atoms with Crippen molar-refractivity contribution in [3.8, 4) is 0 Å². The third kappa shape index (κ3) is 1.59. The van der Waals surface area contributed by atoms with Gasteiger partial charge in [0.15, 0.2) is 0 Å². The number of amides is 1.